The Morgan fingerprint density at radius 1 is 1.11 bits per heavy atom. The third-order valence-corrected chi connectivity index (χ3v) is 4.03. The van der Waals surface area contributed by atoms with Gasteiger partial charge in [0.1, 0.15) is 11.6 Å². The highest BCUT2D eigenvalue weighted by Gasteiger charge is 2.21. The van der Waals surface area contributed by atoms with Gasteiger partial charge in [-0.05, 0) is 24.1 Å². The first-order chi connectivity index (χ1) is 13.0. The molecule has 0 saturated carbocycles. The maximum absolute atomic E-state index is 12.8. The summed E-state index contributed by atoms with van der Waals surface area (Å²) >= 11 is 0. The molecule has 0 atom stereocenters. The zero-order valence-corrected chi connectivity index (χ0v) is 14.5. The van der Waals surface area contributed by atoms with Crippen LogP contribution in [0.2, 0.25) is 0 Å². The van der Waals surface area contributed by atoms with Gasteiger partial charge in [-0.3, -0.25) is 4.79 Å². The van der Waals surface area contributed by atoms with Crippen molar-refractivity contribution >= 4 is 18.1 Å². The number of benzene rings is 2. The van der Waals surface area contributed by atoms with Gasteiger partial charge in [-0.15, -0.1) is 0 Å². The smallest absolute Gasteiger partial charge is 0.357 e. The summed E-state index contributed by atoms with van der Waals surface area (Å²) in [5, 5.41) is 23.1. The minimum atomic E-state index is -1.32. The quantitative estimate of drug-likeness (QED) is 0.773. The van der Waals surface area contributed by atoms with Crippen molar-refractivity contribution in [1.82, 2.24) is 9.78 Å². The SMILES string of the molecule is Cc1ccccc1-n1nc(C(=O)O)c(/C=C/c2ccccc2)c(C#N)c1=O. The van der Waals surface area contributed by atoms with Gasteiger partial charge in [0, 0.05) is 5.56 Å². The van der Waals surface area contributed by atoms with Gasteiger partial charge in [-0.2, -0.15) is 15.0 Å². The minimum Gasteiger partial charge on any atom is -0.476 e. The molecule has 27 heavy (non-hydrogen) atoms. The number of carbonyl (C=O) groups is 1. The number of aromatic nitrogens is 2. The molecule has 3 rings (SSSR count). The maximum atomic E-state index is 12.8. The second kappa shape index (κ2) is 7.50. The summed E-state index contributed by atoms with van der Waals surface area (Å²) in [6.45, 7) is 1.78. The van der Waals surface area contributed by atoms with Gasteiger partial charge < -0.3 is 5.11 Å². The topological polar surface area (TPSA) is 96.0 Å². The molecule has 1 aromatic heterocycles. The number of hydrogen-bond acceptors (Lipinski definition) is 4. The van der Waals surface area contributed by atoms with Crippen molar-refractivity contribution in [2.24, 2.45) is 0 Å². The van der Waals surface area contributed by atoms with Gasteiger partial charge in [0.05, 0.1) is 5.69 Å². The monoisotopic (exact) mass is 357 g/mol. The third-order valence-electron chi connectivity index (χ3n) is 4.03. The highest BCUT2D eigenvalue weighted by atomic mass is 16.4. The Morgan fingerprint density at radius 3 is 2.41 bits per heavy atom. The van der Waals surface area contributed by atoms with E-state index in [9.17, 15) is 20.0 Å². The molecular formula is C21H15N3O3. The average Bonchev–Trinajstić information content (AvgIpc) is 2.67. The molecule has 0 aliphatic rings. The van der Waals surface area contributed by atoms with Crippen LogP contribution in [0.25, 0.3) is 17.8 Å². The third kappa shape index (κ3) is 3.53. The number of nitriles is 1. The second-order valence-corrected chi connectivity index (χ2v) is 5.80. The van der Waals surface area contributed by atoms with Crippen LogP contribution in [0.1, 0.15) is 32.7 Å². The van der Waals surface area contributed by atoms with E-state index in [1.807, 2.05) is 36.4 Å². The van der Waals surface area contributed by atoms with E-state index in [0.717, 1.165) is 15.8 Å². The van der Waals surface area contributed by atoms with Crippen molar-refractivity contribution in [2.45, 2.75) is 6.92 Å². The fourth-order valence-corrected chi connectivity index (χ4v) is 2.68. The zero-order valence-electron chi connectivity index (χ0n) is 14.5. The number of carboxylic acids is 1. The summed E-state index contributed by atoms with van der Waals surface area (Å²) < 4.78 is 0.969. The molecule has 0 unspecified atom stereocenters. The van der Waals surface area contributed by atoms with Crippen molar-refractivity contribution in [3.8, 4) is 11.8 Å². The molecule has 1 N–H and O–H groups in total. The molecule has 1 heterocycles. The summed E-state index contributed by atoms with van der Waals surface area (Å²) in [5.74, 6) is -1.32. The zero-order chi connectivity index (χ0) is 19.4. The fraction of sp³-hybridized carbons (Fsp3) is 0.0476. The summed E-state index contributed by atoms with van der Waals surface area (Å²) in [4.78, 5) is 24.6. The molecule has 0 amide bonds. The van der Waals surface area contributed by atoms with Gasteiger partial charge in [-0.1, -0.05) is 60.7 Å². The van der Waals surface area contributed by atoms with E-state index in [-0.39, 0.29) is 16.8 Å². The van der Waals surface area contributed by atoms with E-state index in [1.165, 1.54) is 6.08 Å². The van der Waals surface area contributed by atoms with Crippen LogP contribution in [0.5, 0.6) is 0 Å². The molecule has 0 radical (unpaired) electrons. The van der Waals surface area contributed by atoms with Gasteiger partial charge >= 0.3 is 5.97 Å². The molecule has 3 aromatic rings. The molecule has 6 nitrogen and oxygen atoms in total. The first-order valence-electron chi connectivity index (χ1n) is 8.12. The molecular weight excluding hydrogens is 342 g/mol. The van der Waals surface area contributed by atoms with Crippen LogP contribution in [-0.2, 0) is 0 Å². The number of aryl methyl sites for hydroxylation is 1. The van der Waals surface area contributed by atoms with Crippen molar-refractivity contribution in [2.75, 3.05) is 0 Å². The van der Waals surface area contributed by atoms with E-state index in [0.29, 0.717) is 5.69 Å². The average molecular weight is 357 g/mol. The molecule has 0 saturated heterocycles. The lowest BCUT2D eigenvalue weighted by molar-refractivity contribution is 0.0688. The number of rotatable bonds is 4. The van der Waals surface area contributed by atoms with Gasteiger partial charge in [0.2, 0.25) is 0 Å². The summed E-state index contributed by atoms with van der Waals surface area (Å²) in [6, 6.07) is 17.9. The van der Waals surface area contributed by atoms with Gasteiger partial charge in [0.25, 0.3) is 5.56 Å². The minimum absolute atomic E-state index is 0.0105. The Kier molecular flexibility index (Phi) is 4.95. The Labute approximate surface area is 155 Å². The highest BCUT2D eigenvalue weighted by molar-refractivity contribution is 5.92. The van der Waals surface area contributed by atoms with Crippen molar-refractivity contribution < 1.29 is 9.90 Å². The van der Waals surface area contributed by atoms with Crippen LogP contribution < -0.4 is 5.56 Å². The molecule has 0 aliphatic carbocycles. The van der Waals surface area contributed by atoms with Crippen molar-refractivity contribution in [3.63, 3.8) is 0 Å². The number of para-hydroxylation sites is 1. The van der Waals surface area contributed by atoms with Gasteiger partial charge in [0.15, 0.2) is 5.69 Å². The lowest BCUT2D eigenvalue weighted by Crippen LogP contribution is -2.28. The molecule has 2 aromatic carbocycles. The Bertz CT molecular complexity index is 1140. The molecule has 0 spiro atoms. The normalized spacial score (nSPS) is 10.7. The Balaban J connectivity index is 2.26. The van der Waals surface area contributed by atoms with E-state index >= 15 is 0 Å². The summed E-state index contributed by atoms with van der Waals surface area (Å²) in [5.41, 5.74) is 0.674. The standard InChI is InChI=1S/C21H15N3O3/c1-14-7-5-6-10-18(14)24-20(25)17(13-22)16(19(23-24)21(26)27)12-11-15-8-3-2-4-9-15/h2-12H,1H3,(H,26,27)/b12-11+. The number of aromatic carboxylic acids is 1. The predicted octanol–water partition coefficient (Wildman–Crippen LogP) is 3.28. The number of hydrogen-bond donors (Lipinski definition) is 1. The molecule has 6 heteroatoms. The van der Waals surface area contributed by atoms with Crippen LogP contribution in [0.3, 0.4) is 0 Å². The highest BCUT2D eigenvalue weighted by Crippen LogP contribution is 2.17. The molecule has 0 bridgehead atoms. The molecule has 132 valence electrons. The molecule has 0 aliphatic heterocycles. The number of carboxylic acid groups (broad SMARTS) is 1. The van der Waals surface area contributed by atoms with Crippen LogP contribution >= 0.6 is 0 Å². The van der Waals surface area contributed by atoms with E-state index in [2.05, 4.69) is 5.10 Å². The summed E-state index contributed by atoms with van der Waals surface area (Å²) in [6.07, 6.45) is 3.08. The Morgan fingerprint density at radius 2 is 1.78 bits per heavy atom. The van der Waals surface area contributed by atoms with Crippen LogP contribution in [0.4, 0.5) is 0 Å². The van der Waals surface area contributed by atoms with E-state index < -0.39 is 11.5 Å². The predicted molar refractivity (Wildman–Crippen MR) is 102 cm³/mol. The van der Waals surface area contributed by atoms with Crippen LogP contribution in [0, 0.1) is 18.3 Å². The van der Waals surface area contributed by atoms with Crippen molar-refractivity contribution in [1.29, 1.82) is 5.26 Å². The van der Waals surface area contributed by atoms with Gasteiger partial charge in [-0.25, -0.2) is 4.79 Å². The van der Waals surface area contributed by atoms with E-state index in [4.69, 9.17) is 0 Å². The lowest BCUT2D eigenvalue weighted by Gasteiger charge is -2.11. The second-order valence-electron chi connectivity index (χ2n) is 5.80. The lowest BCUT2D eigenvalue weighted by atomic mass is 10.1. The first-order valence-corrected chi connectivity index (χ1v) is 8.12. The summed E-state index contributed by atoms with van der Waals surface area (Å²) in [7, 11) is 0. The van der Waals surface area contributed by atoms with Crippen LogP contribution in [0.15, 0.2) is 59.4 Å². The number of nitrogens with zero attached hydrogens (tertiary/aromatic N) is 3. The van der Waals surface area contributed by atoms with Crippen molar-refractivity contribution in [3.05, 3.63) is 92.9 Å². The largest absolute Gasteiger partial charge is 0.476 e. The maximum Gasteiger partial charge on any atom is 0.357 e. The first kappa shape index (κ1) is 17.8. The van der Waals surface area contributed by atoms with Crippen LogP contribution in [-0.4, -0.2) is 20.9 Å². The molecule has 0 fully saturated rings. The van der Waals surface area contributed by atoms with E-state index in [1.54, 1.807) is 37.3 Å². The fourth-order valence-electron chi connectivity index (χ4n) is 2.68. The Hall–Kier alpha value is -3.98.